The first-order chi connectivity index (χ1) is 12.0. The molecule has 130 valence electrons. The Morgan fingerprint density at radius 1 is 1.28 bits per heavy atom. The first-order valence-electron chi connectivity index (χ1n) is 7.83. The van der Waals surface area contributed by atoms with Gasteiger partial charge in [0.1, 0.15) is 6.33 Å². The third-order valence-electron chi connectivity index (χ3n) is 4.00. The van der Waals surface area contributed by atoms with Gasteiger partial charge in [0.15, 0.2) is 0 Å². The smallest absolute Gasteiger partial charge is 0.319 e. The van der Waals surface area contributed by atoms with Gasteiger partial charge in [0.2, 0.25) is 0 Å². The summed E-state index contributed by atoms with van der Waals surface area (Å²) < 4.78 is 1.56. The van der Waals surface area contributed by atoms with Crippen LogP contribution in [0, 0.1) is 20.8 Å². The summed E-state index contributed by atoms with van der Waals surface area (Å²) >= 11 is 1.61. The van der Waals surface area contributed by atoms with E-state index in [0.29, 0.717) is 6.54 Å². The van der Waals surface area contributed by atoms with E-state index in [1.165, 1.54) is 11.2 Å². The van der Waals surface area contributed by atoms with Crippen molar-refractivity contribution in [1.29, 1.82) is 0 Å². The summed E-state index contributed by atoms with van der Waals surface area (Å²) in [5.41, 5.74) is 6.42. The van der Waals surface area contributed by atoms with Gasteiger partial charge >= 0.3 is 6.03 Å². The van der Waals surface area contributed by atoms with Crippen molar-refractivity contribution in [3.63, 3.8) is 0 Å². The van der Waals surface area contributed by atoms with E-state index in [1.807, 2.05) is 38.4 Å². The van der Waals surface area contributed by atoms with E-state index in [9.17, 15) is 4.79 Å². The first kappa shape index (κ1) is 17.0. The van der Waals surface area contributed by atoms with Crippen LogP contribution in [0.15, 0.2) is 24.0 Å². The van der Waals surface area contributed by atoms with E-state index in [4.69, 9.17) is 0 Å². The molecule has 0 atom stereocenters. The average Bonchev–Trinajstić information content (AvgIpc) is 3.24. The molecule has 3 aromatic rings. The number of aromatic nitrogens is 5. The lowest BCUT2D eigenvalue weighted by atomic mass is 10.1. The summed E-state index contributed by atoms with van der Waals surface area (Å²) in [7, 11) is 0. The number of nitrogens with one attached hydrogen (secondary N) is 2. The van der Waals surface area contributed by atoms with Crippen molar-refractivity contribution in [3.05, 3.63) is 45.7 Å². The van der Waals surface area contributed by atoms with Crippen molar-refractivity contribution in [2.45, 2.75) is 27.2 Å². The molecular formula is C16H19N7OS. The molecular weight excluding hydrogens is 338 g/mol. The lowest BCUT2D eigenvalue weighted by molar-refractivity contribution is 0.252. The van der Waals surface area contributed by atoms with Crippen molar-refractivity contribution in [2.75, 3.05) is 11.9 Å². The molecule has 0 bridgehead atoms. The first-order valence-corrected chi connectivity index (χ1v) is 8.71. The normalized spacial score (nSPS) is 10.7. The summed E-state index contributed by atoms with van der Waals surface area (Å²) in [5.74, 6) is 0. The molecule has 1 aromatic carbocycles. The minimum absolute atomic E-state index is 0.237. The highest BCUT2D eigenvalue weighted by Crippen LogP contribution is 2.23. The van der Waals surface area contributed by atoms with Crippen LogP contribution in [0.4, 0.5) is 10.5 Å². The molecule has 2 heterocycles. The standard InChI is InChI=1S/C16H19N7OS/c1-10-6-13(23-8-19-21-22-23)7-14(11(10)2)20-16(24)17-5-4-15-12(3)18-9-25-15/h6-9H,4-5H2,1-3H3,(H2,17,20,24). The summed E-state index contributed by atoms with van der Waals surface area (Å²) in [5, 5.41) is 17.0. The van der Waals surface area contributed by atoms with Gasteiger partial charge in [0.25, 0.3) is 0 Å². The molecule has 25 heavy (non-hydrogen) atoms. The third-order valence-corrected chi connectivity index (χ3v) is 4.99. The predicted octanol–water partition coefficient (Wildman–Crippen LogP) is 2.41. The van der Waals surface area contributed by atoms with Gasteiger partial charge < -0.3 is 10.6 Å². The second-order valence-corrected chi connectivity index (χ2v) is 6.62. The zero-order chi connectivity index (χ0) is 17.8. The fraction of sp³-hybridized carbons (Fsp3) is 0.312. The van der Waals surface area contributed by atoms with Crippen LogP contribution >= 0.6 is 11.3 Å². The lowest BCUT2D eigenvalue weighted by Gasteiger charge is -2.13. The average molecular weight is 357 g/mol. The SMILES string of the molecule is Cc1cc(-n2cnnn2)cc(NC(=O)NCCc2scnc2C)c1C. The van der Waals surface area contributed by atoms with Gasteiger partial charge in [-0.3, -0.25) is 0 Å². The van der Waals surface area contributed by atoms with Crippen LogP contribution in [0.3, 0.4) is 0 Å². The van der Waals surface area contributed by atoms with Gasteiger partial charge in [0, 0.05) is 23.5 Å². The number of rotatable bonds is 5. The molecule has 0 aliphatic carbocycles. The molecule has 8 nitrogen and oxygen atoms in total. The van der Waals surface area contributed by atoms with Crippen LogP contribution in [0.2, 0.25) is 0 Å². The Morgan fingerprint density at radius 2 is 2.12 bits per heavy atom. The Labute approximate surface area is 149 Å². The molecule has 0 saturated carbocycles. The van der Waals surface area contributed by atoms with E-state index in [0.717, 1.165) is 34.6 Å². The number of carbonyl (C=O) groups is 1. The summed E-state index contributed by atoms with van der Waals surface area (Å²) in [6.45, 7) is 6.48. The molecule has 2 amide bonds. The highest BCUT2D eigenvalue weighted by Gasteiger charge is 2.10. The maximum Gasteiger partial charge on any atom is 0.319 e. The van der Waals surface area contributed by atoms with E-state index >= 15 is 0 Å². The second-order valence-electron chi connectivity index (χ2n) is 5.68. The molecule has 3 rings (SSSR count). The minimum atomic E-state index is -0.237. The molecule has 0 aliphatic heterocycles. The van der Waals surface area contributed by atoms with Crippen molar-refractivity contribution < 1.29 is 4.79 Å². The van der Waals surface area contributed by atoms with Crippen LogP contribution in [0.25, 0.3) is 5.69 Å². The Morgan fingerprint density at radius 3 is 2.80 bits per heavy atom. The molecule has 2 aromatic heterocycles. The number of nitrogens with zero attached hydrogens (tertiary/aromatic N) is 5. The fourth-order valence-electron chi connectivity index (χ4n) is 2.40. The Bertz CT molecular complexity index is 873. The van der Waals surface area contributed by atoms with E-state index < -0.39 is 0 Å². The highest BCUT2D eigenvalue weighted by atomic mass is 32.1. The predicted molar refractivity (Wildman–Crippen MR) is 96.2 cm³/mol. The van der Waals surface area contributed by atoms with Crippen molar-refractivity contribution >= 4 is 23.1 Å². The van der Waals surface area contributed by atoms with Gasteiger partial charge in [0.05, 0.1) is 16.9 Å². The van der Waals surface area contributed by atoms with Gasteiger partial charge in [-0.05, 0) is 54.5 Å². The largest absolute Gasteiger partial charge is 0.338 e. The molecule has 9 heteroatoms. The number of amides is 2. The third kappa shape index (κ3) is 4.00. The zero-order valence-electron chi connectivity index (χ0n) is 14.3. The molecule has 0 saturated heterocycles. The monoisotopic (exact) mass is 357 g/mol. The molecule has 2 N–H and O–H groups in total. The molecule has 0 aliphatic rings. The number of urea groups is 1. The summed E-state index contributed by atoms with van der Waals surface area (Å²) in [4.78, 5) is 17.6. The number of aryl methyl sites for hydroxylation is 2. The topological polar surface area (TPSA) is 97.6 Å². The number of tetrazole rings is 1. The second kappa shape index (κ2) is 7.39. The maximum atomic E-state index is 12.2. The Hall–Kier alpha value is -2.81. The number of hydrogen-bond acceptors (Lipinski definition) is 6. The Balaban J connectivity index is 1.65. The van der Waals surface area contributed by atoms with E-state index in [1.54, 1.807) is 16.0 Å². The number of thiazole rings is 1. The van der Waals surface area contributed by atoms with Crippen molar-refractivity contribution in [3.8, 4) is 5.69 Å². The lowest BCUT2D eigenvalue weighted by Crippen LogP contribution is -2.30. The van der Waals surface area contributed by atoms with Gasteiger partial charge in [-0.25, -0.2) is 14.5 Å². The molecule has 0 spiro atoms. The number of anilines is 1. The zero-order valence-corrected chi connectivity index (χ0v) is 15.1. The van der Waals surface area contributed by atoms with Crippen molar-refractivity contribution in [2.24, 2.45) is 0 Å². The quantitative estimate of drug-likeness (QED) is 0.731. The summed E-state index contributed by atoms with van der Waals surface area (Å²) in [6.07, 6.45) is 2.29. The number of carbonyl (C=O) groups excluding carboxylic acids is 1. The van der Waals surface area contributed by atoms with Gasteiger partial charge in [-0.15, -0.1) is 16.4 Å². The van der Waals surface area contributed by atoms with Crippen LogP contribution in [-0.2, 0) is 6.42 Å². The van der Waals surface area contributed by atoms with E-state index in [2.05, 4.69) is 31.1 Å². The van der Waals surface area contributed by atoms with Gasteiger partial charge in [-0.2, -0.15) is 0 Å². The Kier molecular flexibility index (Phi) is 5.03. The van der Waals surface area contributed by atoms with Gasteiger partial charge in [-0.1, -0.05) is 0 Å². The molecule has 0 unspecified atom stereocenters. The molecule has 0 fully saturated rings. The number of hydrogen-bond donors (Lipinski definition) is 2. The highest BCUT2D eigenvalue weighted by molar-refractivity contribution is 7.09. The molecule has 0 radical (unpaired) electrons. The fourth-order valence-corrected chi connectivity index (χ4v) is 3.19. The van der Waals surface area contributed by atoms with Crippen LogP contribution < -0.4 is 10.6 Å². The van der Waals surface area contributed by atoms with Crippen LogP contribution in [0.1, 0.15) is 21.7 Å². The maximum absolute atomic E-state index is 12.2. The summed E-state index contributed by atoms with van der Waals surface area (Å²) in [6, 6.07) is 3.59. The minimum Gasteiger partial charge on any atom is -0.338 e. The number of benzene rings is 1. The van der Waals surface area contributed by atoms with Crippen molar-refractivity contribution in [1.82, 2.24) is 30.5 Å². The van der Waals surface area contributed by atoms with Crippen LogP contribution in [-0.4, -0.2) is 37.8 Å². The van der Waals surface area contributed by atoms with E-state index in [-0.39, 0.29) is 6.03 Å². The van der Waals surface area contributed by atoms with Crippen LogP contribution in [0.5, 0.6) is 0 Å².